The summed E-state index contributed by atoms with van der Waals surface area (Å²) in [5.41, 5.74) is -4.68. The number of carbonyl (C=O) groups is 1. The van der Waals surface area contributed by atoms with Crippen molar-refractivity contribution >= 4 is 16.2 Å². The van der Waals surface area contributed by atoms with Crippen LogP contribution in [-0.4, -0.2) is 37.0 Å². The van der Waals surface area contributed by atoms with Crippen LogP contribution in [0, 0.1) is 0 Å². The van der Waals surface area contributed by atoms with E-state index in [9.17, 15) is 26.4 Å². The maximum atomic E-state index is 12.4. The van der Waals surface area contributed by atoms with E-state index in [1.165, 1.54) is 11.0 Å². The molecule has 1 aromatic carbocycles. The largest absolute Gasteiger partial charge is 0.534 e. The van der Waals surface area contributed by atoms with Gasteiger partial charge in [-0.2, -0.15) is 21.6 Å². The van der Waals surface area contributed by atoms with Crippen LogP contribution in [-0.2, 0) is 25.6 Å². The van der Waals surface area contributed by atoms with Crippen molar-refractivity contribution in [3.05, 3.63) is 47.7 Å². The van der Waals surface area contributed by atoms with E-state index in [1.54, 1.807) is 24.3 Å². The third-order valence-corrected chi connectivity index (χ3v) is 5.28. The van der Waals surface area contributed by atoms with Gasteiger partial charge in [0.15, 0.2) is 0 Å². The molecule has 26 heavy (non-hydrogen) atoms. The van der Waals surface area contributed by atoms with E-state index in [-0.39, 0.29) is 18.8 Å². The van der Waals surface area contributed by atoms with Gasteiger partial charge in [0.1, 0.15) is 12.4 Å². The summed E-state index contributed by atoms with van der Waals surface area (Å²) >= 11 is 0. The van der Waals surface area contributed by atoms with Crippen molar-refractivity contribution in [1.29, 1.82) is 0 Å². The zero-order valence-corrected chi connectivity index (χ0v) is 14.3. The van der Waals surface area contributed by atoms with Crippen LogP contribution in [0.15, 0.2) is 42.2 Å². The Kier molecular flexibility index (Phi) is 4.87. The molecule has 0 aromatic heterocycles. The van der Waals surface area contributed by atoms with Gasteiger partial charge < -0.3 is 8.92 Å². The Bertz CT molecular complexity index is 807. The lowest BCUT2D eigenvalue weighted by molar-refractivity contribution is -0.0526. The number of fused-ring (bicyclic) bond motifs is 2. The van der Waals surface area contributed by atoms with E-state index in [0.29, 0.717) is 12.8 Å². The lowest BCUT2D eigenvalue weighted by Crippen LogP contribution is -2.44. The van der Waals surface area contributed by atoms with Crippen molar-refractivity contribution in [2.45, 2.75) is 43.5 Å². The zero-order valence-electron chi connectivity index (χ0n) is 13.5. The molecule has 2 heterocycles. The minimum Gasteiger partial charge on any atom is -0.445 e. The maximum absolute atomic E-state index is 12.4. The molecule has 1 amide bonds. The lowest BCUT2D eigenvalue weighted by Gasteiger charge is -2.32. The van der Waals surface area contributed by atoms with Crippen LogP contribution in [0.5, 0.6) is 0 Å². The van der Waals surface area contributed by atoms with Crippen LogP contribution < -0.4 is 0 Å². The van der Waals surface area contributed by atoms with Crippen molar-refractivity contribution in [2.75, 3.05) is 0 Å². The molecule has 6 nitrogen and oxygen atoms in total. The SMILES string of the molecule is O=C(OCc1ccccc1)N1C2C=C(OS(=O)(=O)C(F)(F)F)CC1CC2. The highest BCUT2D eigenvalue weighted by Crippen LogP contribution is 2.38. The standard InChI is InChI=1S/C16H16F3NO5S/c17-16(18,19)26(22,23)25-14-8-12-6-7-13(9-14)20(12)15(21)24-10-11-4-2-1-3-5-11/h1-5,8,12-13H,6-7,9-10H2. The third kappa shape index (κ3) is 3.79. The van der Waals surface area contributed by atoms with Crippen LogP contribution in [0.25, 0.3) is 0 Å². The molecule has 0 saturated carbocycles. The molecule has 2 aliphatic heterocycles. The molecule has 1 saturated heterocycles. The fraction of sp³-hybridized carbons (Fsp3) is 0.438. The fourth-order valence-electron chi connectivity index (χ4n) is 3.12. The van der Waals surface area contributed by atoms with Crippen molar-refractivity contribution < 1.29 is 35.3 Å². The number of ether oxygens (including phenoxy) is 1. The first kappa shape index (κ1) is 18.6. The molecule has 142 valence electrons. The van der Waals surface area contributed by atoms with Crippen LogP contribution in [0.2, 0.25) is 0 Å². The van der Waals surface area contributed by atoms with Crippen LogP contribution in [0.4, 0.5) is 18.0 Å². The summed E-state index contributed by atoms with van der Waals surface area (Å²) in [5, 5.41) is 0. The number of rotatable bonds is 4. The number of alkyl halides is 3. The summed E-state index contributed by atoms with van der Waals surface area (Å²) in [7, 11) is -5.70. The Labute approximate surface area is 148 Å². The molecule has 3 rings (SSSR count). The Morgan fingerprint density at radius 1 is 1.19 bits per heavy atom. The Balaban J connectivity index is 1.66. The summed E-state index contributed by atoms with van der Waals surface area (Å²) in [5.74, 6) is -0.290. The lowest BCUT2D eigenvalue weighted by atomic mass is 10.1. The molecule has 1 fully saturated rings. The van der Waals surface area contributed by atoms with Crippen LogP contribution in [0.1, 0.15) is 24.8 Å². The first-order chi connectivity index (χ1) is 12.2. The van der Waals surface area contributed by atoms with E-state index in [4.69, 9.17) is 4.74 Å². The Morgan fingerprint density at radius 2 is 1.88 bits per heavy atom. The summed E-state index contributed by atoms with van der Waals surface area (Å²) in [6.07, 6.45) is 1.59. The summed E-state index contributed by atoms with van der Waals surface area (Å²) in [6, 6.07) is 8.04. The van der Waals surface area contributed by atoms with E-state index >= 15 is 0 Å². The molecule has 0 aliphatic carbocycles. The van der Waals surface area contributed by atoms with E-state index in [1.807, 2.05) is 6.07 Å². The first-order valence-corrected chi connectivity index (χ1v) is 9.28. The van der Waals surface area contributed by atoms with Gasteiger partial charge in [-0.25, -0.2) is 4.79 Å². The average Bonchev–Trinajstić information content (AvgIpc) is 2.83. The zero-order chi connectivity index (χ0) is 18.9. The van der Waals surface area contributed by atoms with Crippen molar-refractivity contribution in [2.24, 2.45) is 0 Å². The Morgan fingerprint density at radius 3 is 2.50 bits per heavy atom. The number of carbonyl (C=O) groups excluding carboxylic acids is 1. The highest BCUT2D eigenvalue weighted by molar-refractivity contribution is 7.87. The molecule has 2 aliphatic rings. The molecule has 10 heteroatoms. The van der Waals surface area contributed by atoms with Gasteiger partial charge in [-0.3, -0.25) is 4.90 Å². The van der Waals surface area contributed by atoms with Gasteiger partial charge in [0, 0.05) is 12.5 Å². The second-order valence-corrected chi connectivity index (χ2v) is 7.60. The summed E-state index contributed by atoms with van der Waals surface area (Å²) in [6.45, 7) is 0.0745. The minimum atomic E-state index is -5.70. The van der Waals surface area contributed by atoms with Crippen LogP contribution in [0.3, 0.4) is 0 Å². The minimum absolute atomic E-state index is 0.0745. The first-order valence-electron chi connectivity index (χ1n) is 7.88. The van der Waals surface area contributed by atoms with Gasteiger partial charge in [0.05, 0.1) is 6.04 Å². The maximum Gasteiger partial charge on any atom is 0.534 e. The molecule has 0 radical (unpaired) electrons. The van der Waals surface area contributed by atoms with Gasteiger partial charge in [0.25, 0.3) is 0 Å². The van der Waals surface area contributed by atoms with E-state index in [0.717, 1.165) is 5.56 Å². The molecule has 2 unspecified atom stereocenters. The second kappa shape index (κ2) is 6.82. The molecule has 1 aromatic rings. The normalized spacial score (nSPS) is 22.7. The van der Waals surface area contributed by atoms with Gasteiger partial charge >= 0.3 is 21.7 Å². The molecular weight excluding hydrogens is 375 g/mol. The number of halogens is 3. The number of nitrogens with zero attached hydrogens (tertiary/aromatic N) is 1. The van der Waals surface area contributed by atoms with Crippen molar-refractivity contribution in [3.8, 4) is 0 Å². The van der Waals surface area contributed by atoms with Gasteiger partial charge in [-0.15, -0.1) is 0 Å². The summed E-state index contributed by atoms with van der Waals surface area (Å²) in [4.78, 5) is 13.7. The van der Waals surface area contributed by atoms with Gasteiger partial charge in [0.2, 0.25) is 0 Å². The van der Waals surface area contributed by atoms with E-state index < -0.39 is 33.8 Å². The quantitative estimate of drug-likeness (QED) is 0.582. The molecule has 0 N–H and O–H groups in total. The number of amides is 1. The van der Waals surface area contributed by atoms with Crippen molar-refractivity contribution in [1.82, 2.24) is 4.90 Å². The molecule has 2 bridgehead atoms. The number of benzene rings is 1. The fourth-order valence-corrected chi connectivity index (χ4v) is 3.62. The molecular formula is C16H16F3NO5S. The monoisotopic (exact) mass is 391 g/mol. The Hall–Kier alpha value is -2.23. The predicted octanol–water partition coefficient (Wildman–Crippen LogP) is 3.31. The third-order valence-electron chi connectivity index (χ3n) is 4.28. The molecule has 0 spiro atoms. The van der Waals surface area contributed by atoms with Gasteiger partial charge in [-0.05, 0) is 24.5 Å². The molecule has 2 atom stereocenters. The van der Waals surface area contributed by atoms with Crippen molar-refractivity contribution in [3.63, 3.8) is 0 Å². The topological polar surface area (TPSA) is 72.9 Å². The van der Waals surface area contributed by atoms with Crippen LogP contribution >= 0.6 is 0 Å². The highest BCUT2D eigenvalue weighted by Gasteiger charge is 2.50. The second-order valence-electron chi connectivity index (χ2n) is 6.07. The highest BCUT2D eigenvalue weighted by atomic mass is 32.2. The number of hydrogen-bond acceptors (Lipinski definition) is 5. The average molecular weight is 391 g/mol. The predicted molar refractivity (Wildman–Crippen MR) is 84.0 cm³/mol. The van der Waals surface area contributed by atoms with Gasteiger partial charge in [-0.1, -0.05) is 30.3 Å². The number of hydrogen-bond donors (Lipinski definition) is 0. The smallest absolute Gasteiger partial charge is 0.445 e. The van der Waals surface area contributed by atoms with E-state index in [2.05, 4.69) is 4.18 Å². The summed E-state index contributed by atoms with van der Waals surface area (Å²) < 4.78 is 69.1.